The Morgan fingerprint density at radius 3 is 2.46 bits per heavy atom. The van der Waals surface area contributed by atoms with Crippen LogP contribution < -0.4 is 10.6 Å². The molecule has 2 N–H and O–H groups in total. The van der Waals surface area contributed by atoms with Crippen molar-refractivity contribution in [3.63, 3.8) is 0 Å². The molecule has 2 aromatic rings. The van der Waals surface area contributed by atoms with Crippen molar-refractivity contribution in [2.45, 2.75) is 37.6 Å². The zero-order valence-electron chi connectivity index (χ0n) is 14.7. The normalized spacial score (nSPS) is 15.3. The maximum absolute atomic E-state index is 12.5. The molecule has 0 saturated carbocycles. The fraction of sp³-hybridized carbons (Fsp3) is 0.412. The molecule has 26 heavy (non-hydrogen) atoms. The summed E-state index contributed by atoms with van der Waals surface area (Å²) >= 11 is 1.37. The molecule has 1 aromatic carbocycles. The van der Waals surface area contributed by atoms with Crippen molar-refractivity contribution in [2.75, 3.05) is 23.7 Å². The van der Waals surface area contributed by atoms with Gasteiger partial charge in [0.2, 0.25) is 10.0 Å². The van der Waals surface area contributed by atoms with Crippen LogP contribution in [0, 0.1) is 0 Å². The average Bonchev–Trinajstić information content (AvgIpc) is 3.26. The molecule has 0 bridgehead atoms. The number of aromatic nitrogens is 1. The first-order valence-electron chi connectivity index (χ1n) is 8.50. The molecule has 1 aromatic heterocycles. The van der Waals surface area contributed by atoms with Crippen molar-refractivity contribution < 1.29 is 13.2 Å². The number of nitrogens with zero attached hydrogens (tertiary/aromatic N) is 2. The second-order valence-electron chi connectivity index (χ2n) is 6.43. The van der Waals surface area contributed by atoms with Crippen LogP contribution in [0.1, 0.15) is 37.2 Å². The SMILES string of the molecule is CC(C)Nc1nc(C(=O)Nc2ccc(S(=O)(=O)N3CCCC3)cc2)cs1. The van der Waals surface area contributed by atoms with Crippen LogP contribution in [0.4, 0.5) is 10.8 Å². The van der Waals surface area contributed by atoms with Gasteiger partial charge in [0.1, 0.15) is 5.69 Å². The van der Waals surface area contributed by atoms with Crippen LogP contribution in [0.25, 0.3) is 0 Å². The molecule has 140 valence electrons. The third-order valence-corrected chi connectivity index (χ3v) is 6.65. The van der Waals surface area contributed by atoms with E-state index in [0.717, 1.165) is 12.8 Å². The van der Waals surface area contributed by atoms with E-state index in [1.807, 2.05) is 13.8 Å². The minimum Gasteiger partial charge on any atom is -0.359 e. The number of sulfonamides is 1. The summed E-state index contributed by atoms with van der Waals surface area (Å²) in [6, 6.07) is 6.48. The number of nitrogens with one attached hydrogen (secondary N) is 2. The standard InChI is InChI=1S/C17H22N4O3S2/c1-12(2)18-17-20-15(11-25-17)16(22)19-13-5-7-14(8-6-13)26(23,24)21-9-3-4-10-21/h5-8,11-12H,3-4,9-10H2,1-2H3,(H,18,20)(H,19,22). The summed E-state index contributed by atoms with van der Waals surface area (Å²) in [5.41, 5.74) is 0.855. The Balaban J connectivity index is 1.67. The lowest BCUT2D eigenvalue weighted by Gasteiger charge is -2.15. The van der Waals surface area contributed by atoms with Gasteiger partial charge in [0.05, 0.1) is 4.90 Å². The minimum atomic E-state index is -3.44. The highest BCUT2D eigenvalue weighted by atomic mass is 32.2. The Kier molecular flexibility index (Phi) is 5.59. The number of thiazole rings is 1. The lowest BCUT2D eigenvalue weighted by atomic mass is 10.3. The molecular formula is C17H22N4O3S2. The van der Waals surface area contributed by atoms with Crippen molar-refractivity contribution in [1.29, 1.82) is 0 Å². The number of hydrogen-bond donors (Lipinski definition) is 2. The quantitative estimate of drug-likeness (QED) is 0.786. The topological polar surface area (TPSA) is 91.4 Å². The first kappa shape index (κ1) is 18.8. The van der Waals surface area contributed by atoms with E-state index in [9.17, 15) is 13.2 Å². The predicted octanol–water partition coefficient (Wildman–Crippen LogP) is 3.00. The van der Waals surface area contributed by atoms with Gasteiger partial charge >= 0.3 is 0 Å². The number of anilines is 2. The molecule has 1 aliphatic rings. The Hall–Kier alpha value is -1.97. The van der Waals surface area contributed by atoms with Crippen LogP contribution in [-0.4, -0.2) is 42.7 Å². The monoisotopic (exact) mass is 394 g/mol. The van der Waals surface area contributed by atoms with E-state index in [2.05, 4.69) is 15.6 Å². The first-order chi connectivity index (χ1) is 12.4. The fourth-order valence-corrected chi connectivity index (χ4v) is 5.03. The summed E-state index contributed by atoms with van der Waals surface area (Å²) in [5.74, 6) is -0.326. The molecule has 0 unspecified atom stereocenters. The molecule has 1 amide bonds. The van der Waals surface area contributed by atoms with E-state index in [1.54, 1.807) is 17.5 Å². The number of carbonyl (C=O) groups excluding carboxylic acids is 1. The molecule has 1 aliphatic heterocycles. The van der Waals surface area contributed by atoms with Gasteiger partial charge in [-0.3, -0.25) is 4.79 Å². The van der Waals surface area contributed by atoms with Gasteiger partial charge in [0.15, 0.2) is 5.13 Å². The predicted molar refractivity (Wildman–Crippen MR) is 103 cm³/mol. The van der Waals surface area contributed by atoms with Gasteiger partial charge in [-0.1, -0.05) is 0 Å². The van der Waals surface area contributed by atoms with Gasteiger partial charge in [-0.2, -0.15) is 4.31 Å². The number of benzene rings is 1. The molecule has 0 spiro atoms. The molecule has 1 saturated heterocycles. The van der Waals surface area contributed by atoms with Crippen molar-refractivity contribution >= 4 is 38.1 Å². The summed E-state index contributed by atoms with van der Waals surface area (Å²) in [4.78, 5) is 16.8. The van der Waals surface area contributed by atoms with E-state index in [4.69, 9.17) is 0 Å². The smallest absolute Gasteiger partial charge is 0.275 e. The number of carbonyl (C=O) groups is 1. The highest BCUT2D eigenvalue weighted by Gasteiger charge is 2.27. The van der Waals surface area contributed by atoms with Crippen molar-refractivity contribution in [3.8, 4) is 0 Å². The zero-order chi connectivity index (χ0) is 18.7. The third kappa shape index (κ3) is 4.22. The number of hydrogen-bond acceptors (Lipinski definition) is 6. The Morgan fingerprint density at radius 1 is 1.19 bits per heavy atom. The van der Waals surface area contributed by atoms with Crippen LogP contribution in [0.2, 0.25) is 0 Å². The average molecular weight is 395 g/mol. The van der Waals surface area contributed by atoms with E-state index in [0.29, 0.717) is 29.6 Å². The molecule has 1 fully saturated rings. The van der Waals surface area contributed by atoms with Crippen LogP contribution >= 0.6 is 11.3 Å². The molecule has 2 heterocycles. The molecule has 0 atom stereocenters. The van der Waals surface area contributed by atoms with Crippen LogP contribution in [0.15, 0.2) is 34.5 Å². The minimum absolute atomic E-state index is 0.238. The lowest BCUT2D eigenvalue weighted by molar-refractivity contribution is 0.102. The van der Waals surface area contributed by atoms with Gasteiger partial charge < -0.3 is 10.6 Å². The zero-order valence-corrected chi connectivity index (χ0v) is 16.4. The van der Waals surface area contributed by atoms with Gasteiger partial charge in [-0.05, 0) is 51.0 Å². The first-order valence-corrected chi connectivity index (χ1v) is 10.8. The lowest BCUT2D eigenvalue weighted by Crippen LogP contribution is -2.27. The van der Waals surface area contributed by atoms with Crippen LogP contribution in [0.3, 0.4) is 0 Å². The molecule has 9 heteroatoms. The highest BCUT2D eigenvalue weighted by Crippen LogP contribution is 2.23. The largest absolute Gasteiger partial charge is 0.359 e. The van der Waals surface area contributed by atoms with Gasteiger partial charge in [0, 0.05) is 30.2 Å². The summed E-state index contributed by atoms with van der Waals surface area (Å²) in [7, 11) is -3.44. The fourth-order valence-electron chi connectivity index (χ4n) is 2.67. The van der Waals surface area contributed by atoms with Crippen LogP contribution in [-0.2, 0) is 10.0 Å². The number of amides is 1. The van der Waals surface area contributed by atoms with Crippen molar-refractivity contribution in [3.05, 3.63) is 35.3 Å². The van der Waals surface area contributed by atoms with Gasteiger partial charge in [0.25, 0.3) is 5.91 Å². The summed E-state index contributed by atoms with van der Waals surface area (Å²) in [6.07, 6.45) is 1.79. The number of rotatable bonds is 6. The van der Waals surface area contributed by atoms with E-state index in [1.165, 1.54) is 27.8 Å². The highest BCUT2D eigenvalue weighted by molar-refractivity contribution is 7.89. The van der Waals surface area contributed by atoms with Gasteiger partial charge in [-0.15, -0.1) is 11.3 Å². The van der Waals surface area contributed by atoms with Gasteiger partial charge in [-0.25, -0.2) is 13.4 Å². The molecule has 7 nitrogen and oxygen atoms in total. The Bertz CT molecular complexity index is 870. The van der Waals surface area contributed by atoms with Crippen molar-refractivity contribution in [2.24, 2.45) is 0 Å². The Labute approximate surface area is 157 Å². The third-order valence-electron chi connectivity index (χ3n) is 3.96. The summed E-state index contributed by atoms with van der Waals surface area (Å²) in [5, 5.41) is 8.27. The molecule has 0 aliphatic carbocycles. The maximum atomic E-state index is 12.5. The molecular weight excluding hydrogens is 372 g/mol. The second-order valence-corrected chi connectivity index (χ2v) is 9.22. The van der Waals surface area contributed by atoms with E-state index < -0.39 is 10.0 Å². The van der Waals surface area contributed by atoms with E-state index >= 15 is 0 Å². The Morgan fingerprint density at radius 2 is 1.85 bits per heavy atom. The maximum Gasteiger partial charge on any atom is 0.275 e. The molecule has 0 radical (unpaired) electrons. The summed E-state index contributed by atoms with van der Waals surface area (Å²) in [6.45, 7) is 5.13. The molecule has 3 rings (SSSR count). The summed E-state index contributed by atoms with van der Waals surface area (Å²) < 4.78 is 26.5. The van der Waals surface area contributed by atoms with Crippen molar-refractivity contribution in [1.82, 2.24) is 9.29 Å². The van der Waals surface area contributed by atoms with E-state index in [-0.39, 0.29) is 16.8 Å². The van der Waals surface area contributed by atoms with Crippen LogP contribution in [0.5, 0.6) is 0 Å². The second kappa shape index (κ2) is 7.73.